The molecule has 176 valence electrons. The van der Waals surface area contributed by atoms with E-state index in [0.717, 1.165) is 37.1 Å². The summed E-state index contributed by atoms with van der Waals surface area (Å²) >= 11 is 0. The lowest BCUT2D eigenvalue weighted by molar-refractivity contribution is -0.0673. The first-order valence-electron chi connectivity index (χ1n) is 12.1. The highest BCUT2D eigenvalue weighted by Gasteiger charge is 2.58. The Morgan fingerprint density at radius 1 is 1.03 bits per heavy atom. The molecule has 4 aliphatic carbocycles. The number of hydrogen-bond donors (Lipinski definition) is 0. The van der Waals surface area contributed by atoms with Gasteiger partial charge < -0.3 is 9.08 Å². The van der Waals surface area contributed by atoms with Crippen molar-refractivity contribution in [2.75, 3.05) is 13.1 Å². The Bertz CT molecular complexity index is 835. The van der Waals surface area contributed by atoms with E-state index in [4.69, 9.17) is 4.18 Å². The van der Waals surface area contributed by atoms with E-state index < -0.39 is 21.0 Å². The summed E-state index contributed by atoms with van der Waals surface area (Å²) < 4.78 is 66.7. The summed E-state index contributed by atoms with van der Waals surface area (Å²) in [5.41, 5.74) is -5.98. The molecule has 31 heavy (non-hydrogen) atoms. The third kappa shape index (κ3) is 3.64. The highest BCUT2D eigenvalue weighted by Crippen LogP contribution is 2.63. The van der Waals surface area contributed by atoms with Gasteiger partial charge in [0.05, 0.1) is 0 Å². The summed E-state index contributed by atoms with van der Waals surface area (Å²) in [7, 11) is -5.61. The summed E-state index contributed by atoms with van der Waals surface area (Å²) in [6.45, 7) is 4.43. The molecule has 3 saturated carbocycles. The number of fused-ring (bicyclic) bond motifs is 5. The molecule has 1 aliphatic heterocycles. The van der Waals surface area contributed by atoms with Gasteiger partial charge in [-0.05, 0) is 113 Å². The van der Waals surface area contributed by atoms with Crippen LogP contribution in [0.25, 0.3) is 0 Å². The van der Waals surface area contributed by atoms with E-state index in [1.54, 1.807) is 6.08 Å². The zero-order valence-electron chi connectivity index (χ0n) is 18.2. The molecular weight excluding hydrogens is 427 g/mol. The Labute approximate surface area is 183 Å². The number of hydrogen-bond acceptors (Lipinski definition) is 4. The molecular formula is C23H34F3NO3S. The Morgan fingerprint density at radius 2 is 1.74 bits per heavy atom. The second-order valence-corrected chi connectivity index (χ2v) is 12.4. The third-order valence-electron chi connectivity index (χ3n) is 9.58. The van der Waals surface area contributed by atoms with Gasteiger partial charge in [0, 0.05) is 11.5 Å². The SMILES string of the molecule is C[C@]12CC[C@@H]3C4CC[C@H](N5CCCC5)C[C@@H]4CC[C@H]3[C@@H]1CC=C2OS(=O)(=O)C(F)(F)F. The number of halogens is 3. The van der Waals surface area contributed by atoms with E-state index in [9.17, 15) is 21.6 Å². The molecule has 5 rings (SSSR count). The molecule has 8 heteroatoms. The Balaban J connectivity index is 1.28. The molecule has 5 aliphatic rings. The predicted octanol–water partition coefficient (Wildman–Crippen LogP) is 5.46. The maximum absolute atomic E-state index is 12.9. The van der Waals surface area contributed by atoms with Gasteiger partial charge in [0.2, 0.25) is 0 Å². The fourth-order valence-corrected chi connectivity index (χ4v) is 8.68. The smallest absolute Gasteiger partial charge is 0.380 e. The zero-order chi connectivity index (χ0) is 22.0. The van der Waals surface area contributed by atoms with Gasteiger partial charge in [-0.2, -0.15) is 21.6 Å². The van der Waals surface area contributed by atoms with Crippen LogP contribution < -0.4 is 0 Å². The molecule has 1 unspecified atom stereocenters. The minimum atomic E-state index is -5.61. The van der Waals surface area contributed by atoms with Crippen molar-refractivity contribution in [3.63, 3.8) is 0 Å². The van der Waals surface area contributed by atoms with Crippen molar-refractivity contribution < 1.29 is 25.8 Å². The maximum Gasteiger partial charge on any atom is 0.534 e. The molecule has 4 nitrogen and oxygen atoms in total. The molecule has 7 atom stereocenters. The highest BCUT2D eigenvalue weighted by atomic mass is 32.2. The van der Waals surface area contributed by atoms with Crippen molar-refractivity contribution >= 4 is 10.1 Å². The average Bonchev–Trinajstić information content (AvgIpc) is 3.35. The van der Waals surface area contributed by atoms with E-state index in [2.05, 4.69) is 4.90 Å². The van der Waals surface area contributed by atoms with E-state index >= 15 is 0 Å². The molecule has 0 N–H and O–H groups in total. The van der Waals surface area contributed by atoms with Crippen LogP contribution >= 0.6 is 0 Å². The van der Waals surface area contributed by atoms with Crippen molar-refractivity contribution in [2.24, 2.45) is 35.0 Å². The second-order valence-electron chi connectivity index (χ2n) is 10.9. The van der Waals surface area contributed by atoms with Crippen LogP contribution in [0, 0.1) is 35.0 Å². The minimum absolute atomic E-state index is 0.0353. The van der Waals surface area contributed by atoms with Crippen LogP contribution in [0.2, 0.25) is 0 Å². The summed E-state index contributed by atoms with van der Waals surface area (Å²) in [6, 6.07) is 0.745. The predicted molar refractivity (Wildman–Crippen MR) is 111 cm³/mol. The summed E-state index contributed by atoms with van der Waals surface area (Å²) in [6.07, 6.45) is 12.8. The van der Waals surface area contributed by atoms with E-state index in [1.807, 2.05) is 6.92 Å². The molecule has 1 saturated heterocycles. The van der Waals surface area contributed by atoms with Crippen molar-refractivity contribution in [3.8, 4) is 0 Å². The molecule has 0 bridgehead atoms. The lowest BCUT2D eigenvalue weighted by Gasteiger charge is -2.56. The van der Waals surface area contributed by atoms with Crippen LogP contribution in [0.1, 0.15) is 71.1 Å². The Kier molecular flexibility index (Phi) is 5.44. The van der Waals surface area contributed by atoms with Gasteiger partial charge in [-0.15, -0.1) is 0 Å². The van der Waals surface area contributed by atoms with Crippen molar-refractivity contribution in [2.45, 2.75) is 82.7 Å². The number of likely N-dealkylation sites (tertiary alicyclic amines) is 1. The number of alkyl halides is 3. The molecule has 1 heterocycles. The van der Waals surface area contributed by atoms with Gasteiger partial charge in [-0.3, -0.25) is 0 Å². The second kappa shape index (κ2) is 7.64. The topological polar surface area (TPSA) is 46.6 Å². The number of nitrogens with zero attached hydrogens (tertiary/aromatic N) is 1. The Hall–Kier alpha value is -0.760. The van der Waals surface area contributed by atoms with Gasteiger partial charge in [-0.1, -0.05) is 6.92 Å². The molecule has 0 aromatic heterocycles. The van der Waals surface area contributed by atoms with Gasteiger partial charge in [0.25, 0.3) is 0 Å². The first kappa shape index (κ1) is 22.1. The van der Waals surface area contributed by atoms with E-state index in [0.29, 0.717) is 18.3 Å². The highest BCUT2D eigenvalue weighted by molar-refractivity contribution is 7.87. The van der Waals surface area contributed by atoms with Gasteiger partial charge in [0.1, 0.15) is 5.76 Å². The molecule has 4 fully saturated rings. The first-order valence-corrected chi connectivity index (χ1v) is 13.5. The third-order valence-corrected chi connectivity index (χ3v) is 10.5. The molecule has 0 aromatic rings. The monoisotopic (exact) mass is 461 g/mol. The molecule has 0 aromatic carbocycles. The van der Waals surface area contributed by atoms with Crippen molar-refractivity contribution in [1.29, 1.82) is 0 Å². The quantitative estimate of drug-likeness (QED) is 0.413. The van der Waals surface area contributed by atoms with Crippen LogP contribution in [0.4, 0.5) is 13.2 Å². The molecule has 0 radical (unpaired) electrons. The van der Waals surface area contributed by atoms with Crippen LogP contribution in [0.15, 0.2) is 11.8 Å². The summed E-state index contributed by atoms with van der Waals surface area (Å²) in [5, 5.41) is 0. The fraction of sp³-hybridized carbons (Fsp3) is 0.913. The lowest BCUT2D eigenvalue weighted by Crippen LogP contribution is -2.50. The molecule has 0 amide bonds. The van der Waals surface area contributed by atoms with Crippen molar-refractivity contribution in [1.82, 2.24) is 4.90 Å². The fourth-order valence-electron chi connectivity index (χ4n) is 8.09. The minimum Gasteiger partial charge on any atom is -0.380 e. The maximum atomic E-state index is 12.9. The van der Waals surface area contributed by atoms with Gasteiger partial charge in [0.15, 0.2) is 0 Å². The van der Waals surface area contributed by atoms with Crippen LogP contribution in [0.3, 0.4) is 0 Å². The van der Waals surface area contributed by atoms with E-state index in [1.165, 1.54) is 51.6 Å². The van der Waals surface area contributed by atoms with Crippen LogP contribution in [-0.4, -0.2) is 38.0 Å². The first-order chi connectivity index (χ1) is 14.6. The van der Waals surface area contributed by atoms with E-state index in [-0.39, 0.29) is 11.7 Å². The standard InChI is InChI=1S/C23H34F3NO3S/c1-22-11-10-18-17-7-5-16(27-12-2-3-13-27)14-15(17)4-6-19(18)20(22)8-9-21(22)30-31(28,29)23(24,25)26/h9,15-20H,2-8,10-14H2,1H3/t15-,16-,17?,18+,19+,20-,22-/m0/s1. The van der Waals surface area contributed by atoms with Crippen LogP contribution in [0.5, 0.6) is 0 Å². The zero-order valence-corrected chi connectivity index (χ0v) is 19.1. The molecule has 0 spiro atoms. The Morgan fingerprint density at radius 3 is 2.45 bits per heavy atom. The summed E-state index contributed by atoms with van der Waals surface area (Å²) in [5.74, 6) is 2.83. The summed E-state index contributed by atoms with van der Waals surface area (Å²) in [4.78, 5) is 2.70. The van der Waals surface area contributed by atoms with Gasteiger partial charge >= 0.3 is 15.6 Å². The lowest BCUT2D eigenvalue weighted by atomic mass is 9.50. The number of allylic oxidation sites excluding steroid dienone is 2. The average molecular weight is 462 g/mol. The van der Waals surface area contributed by atoms with Gasteiger partial charge in [-0.25, -0.2) is 0 Å². The van der Waals surface area contributed by atoms with Crippen molar-refractivity contribution in [3.05, 3.63) is 11.8 Å². The number of rotatable bonds is 3. The largest absolute Gasteiger partial charge is 0.534 e. The van der Waals surface area contributed by atoms with Crippen LogP contribution in [-0.2, 0) is 14.3 Å². The normalized spacial score (nSPS) is 43.7.